The third-order valence-corrected chi connectivity index (χ3v) is 3.99. The molecule has 1 aromatic rings. The van der Waals surface area contributed by atoms with E-state index in [0.717, 1.165) is 16.9 Å². The minimum atomic E-state index is 0.00268. The molecule has 0 saturated carbocycles. The molecular weight excluding hydrogens is 412 g/mol. The van der Waals surface area contributed by atoms with Gasteiger partial charge in [-0.1, -0.05) is 42.5 Å². The number of nitrogens with zero attached hydrogens (tertiary/aromatic N) is 2. The molecule has 2 bridgehead atoms. The summed E-state index contributed by atoms with van der Waals surface area (Å²) in [6, 6.07) is 7.97. The van der Waals surface area contributed by atoms with E-state index in [-0.39, 0.29) is 5.91 Å². The number of allylic oxidation sites excluding steroid dienone is 6. The van der Waals surface area contributed by atoms with Crippen LogP contribution in [0.3, 0.4) is 0 Å². The first-order valence-electron chi connectivity index (χ1n) is 10.9. The van der Waals surface area contributed by atoms with Crippen LogP contribution in [0.25, 0.3) is 0 Å². The van der Waals surface area contributed by atoms with Crippen molar-refractivity contribution in [1.82, 2.24) is 5.32 Å². The zero-order valence-corrected chi connectivity index (χ0v) is 19.8. The van der Waals surface area contributed by atoms with Gasteiger partial charge in [0.25, 0.3) is 0 Å². The topological polar surface area (TPSA) is 75.1 Å². The summed E-state index contributed by atoms with van der Waals surface area (Å²) in [7, 11) is 0. The molecule has 0 unspecified atom stereocenters. The molecule has 0 aliphatic carbocycles. The minimum absolute atomic E-state index is 0.00268. The summed E-state index contributed by atoms with van der Waals surface area (Å²) in [6.07, 6.45) is 21.4. The van der Waals surface area contributed by atoms with E-state index in [1.54, 1.807) is 19.3 Å². The molecule has 2 rings (SSSR count). The number of carbonyl (C=O) groups is 1. The van der Waals surface area contributed by atoms with E-state index in [0.29, 0.717) is 38.4 Å². The van der Waals surface area contributed by atoms with Crippen LogP contribution in [0.1, 0.15) is 45.6 Å². The largest absolute Gasteiger partial charge is 0.373 e. The predicted molar refractivity (Wildman–Crippen MR) is 139 cm³/mol. The van der Waals surface area contributed by atoms with Crippen molar-refractivity contribution >= 4 is 23.8 Å². The Balaban J connectivity index is 0.00000172. The lowest BCUT2D eigenvalue weighted by atomic mass is 10.2. The van der Waals surface area contributed by atoms with Gasteiger partial charge in [-0.05, 0) is 51.0 Å². The molecule has 0 atom stereocenters. The van der Waals surface area contributed by atoms with Crippen molar-refractivity contribution in [1.29, 1.82) is 0 Å². The second-order valence-electron chi connectivity index (χ2n) is 6.95. The van der Waals surface area contributed by atoms with Gasteiger partial charge in [0.05, 0.1) is 13.2 Å². The molecule has 0 saturated heterocycles. The molecule has 0 fully saturated rings. The van der Waals surface area contributed by atoms with Gasteiger partial charge < -0.3 is 15.4 Å². The predicted octanol–water partition coefficient (Wildman–Crippen LogP) is 5.53. The van der Waals surface area contributed by atoms with Gasteiger partial charge in [-0.2, -0.15) is 0 Å². The van der Waals surface area contributed by atoms with E-state index in [1.807, 2.05) is 74.6 Å². The van der Waals surface area contributed by atoms with Crippen molar-refractivity contribution in [3.8, 4) is 12.3 Å². The standard InChI is InChI=1S/C24H30N4O2.C3H4/c1-3-15-25-24-26-16-8-4-6-11-20(2)27-23(29)14-7-5-9-17-30-19-21-12-10-13-22(18-21)28-24;1-3-2/h3-6,9-13,15-16,18H,7-8,14,17,19H2,1-2H3,(H,25,28)(H,27,29);1H,2H3/b6-4-,9-5+,15-3-,20-11+,26-16+;. The first-order chi connectivity index (χ1) is 16.1. The molecule has 1 aliphatic heterocycles. The van der Waals surface area contributed by atoms with Crippen LogP contribution in [0.15, 0.2) is 82.6 Å². The van der Waals surface area contributed by atoms with E-state index >= 15 is 0 Å². The lowest BCUT2D eigenvalue weighted by Crippen LogP contribution is -2.20. The van der Waals surface area contributed by atoms with E-state index in [2.05, 4.69) is 33.0 Å². The molecule has 1 heterocycles. The Labute approximate surface area is 198 Å². The van der Waals surface area contributed by atoms with E-state index in [9.17, 15) is 4.79 Å². The van der Waals surface area contributed by atoms with Crippen molar-refractivity contribution in [2.24, 2.45) is 9.98 Å². The highest BCUT2D eigenvalue weighted by Gasteiger charge is 2.01. The molecule has 33 heavy (non-hydrogen) atoms. The number of hydrogen-bond acceptors (Lipinski definition) is 3. The number of benzene rings is 1. The number of hydrogen-bond donors (Lipinski definition) is 2. The number of anilines is 1. The van der Waals surface area contributed by atoms with Gasteiger partial charge in [0.1, 0.15) is 0 Å². The number of aliphatic imine (C=N–C) groups is 2. The summed E-state index contributed by atoms with van der Waals surface area (Å²) < 4.78 is 5.70. The maximum atomic E-state index is 11.9. The molecule has 174 valence electrons. The average Bonchev–Trinajstić information content (AvgIpc) is 2.79. The van der Waals surface area contributed by atoms with Crippen molar-refractivity contribution in [2.45, 2.75) is 46.6 Å². The fourth-order valence-electron chi connectivity index (χ4n) is 2.57. The monoisotopic (exact) mass is 446 g/mol. The number of rotatable bonds is 1. The zero-order chi connectivity index (χ0) is 24.2. The third kappa shape index (κ3) is 14.1. The van der Waals surface area contributed by atoms with E-state index in [4.69, 9.17) is 4.74 Å². The summed E-state index contributed by atoms with van der Waals surface area (Å²) in [6.45, 7) is 6.43. The highest BCUT2D eigenvalue weighted by atomic mass is 16.5. The van der Waals surface area contributed by atoms with Crippen LogP contribution >= 0.6 is 0 Å². The number of guanidine groups is 1. The average molecular weight is 447 g/mol. The van der Waals surface area contributed by atoms with Crippen LogP contribution in [-0.4, -0.2) is 24.7 Å². The fraction of sp³-hybridized carbons (Fsp3) is 0.296. The summed E-state index contributed by atoms with van der Waals surface area (Å²) >= 11 is 0. The van der Waals surface area contributed by atoms with E-state index < -0.39 is 0 Å². The van der Waals surface area contributed by atoms with Crippen LogP contribution in [0.5, 0.6) is 0 Å². The number of terminal acetylenes is 1. The van der Waals surface area contributed by atoms with Gasteiger partial charge in [-0.15, -0.1) is 12.3 Å². The molecule has 2 N–H and O–H groups in total. The van der Waals surface area contributed by atoms with Crippen LogP contribution in [0.2, 0.25) is 0 Å². The Hall–Kier alpha value is -3.69. The third-order valence-electron chi connectivity index (χ3n) is 3.99. The maximum Gasteiger partial charge on any atom is 0.226 e. The molecule has 6 heteroatoms. The second kappa shape index (κ2) is 17.9. The maximum absolute atomic E-state index is 11.9. The highest BCUT2D eigenvalue weighted by Crippen LogP contribution is 2.12. The minimum Gasteiger partial charge on any atom is -0.373 e. The van der Waals surface area contributed by atoms with Crippen molar-refractivity contribution in [2.75, 3.05) is 11.9 Å². The Morgan fingerprint density at radius 1 is 1.24 bits per heavy atom. The normalized spacial score (nSPS) is 21.6. The second-order valence-corrected chi connectivity index (χ2v) is 6.95. The SMILES string of the molecule is C#CC.C\C=C/N=C1/N=C/C/C=C\C=C(/C)NC(=O)CC/C=C/COCc2cccc(c2)N1. The van der Waals surface area contributed by atoms with Crippen molar-refractivity contribution in [3.05, 3.63) is 78.2 Å². The molecule has 1 aliphatic rings. The Morgan fingerprint density at radius 2 is 2.06 bits per heavy atom. The summed E-state index contributed by atoms with van der Waals surface area (Å²) in [5.74, 6) is 2.76. The summed E-state index contributed by atoms with van der Waals surface area (Å²) in [5, 5.41) is 6.12. The smallest absolute Gasteiger partial charge is 0.226 e. The van der Waals surface area contributed by atoms with E-state index in [1.165, 1.54) is 0 Å². The van der Waals surface area contributed by atoms with Gasteiger partial charge in [-0.3, -0.25) is 4.79 Å². The zero-order valence-electron chi connectivity index (χ0n) is 19.8. The molecule has 1 amide bonds. The number of nitrogens with one attached hydrogen (secondary N) is 2. The fourth-order valence-corrected chi connectivity index (χ4v) is 2.57. The Morgan fingerprint density at radius 3 is 2.85 bits per heavy atom. The van der Waals surface area contributed by atoms with Crippen LogP contribution in [0, 0.1) is 12.3 Å². The van der Waals surface area contributed by atoms with Gasteiger partial charge in [0, 0.05) is 36.6 Å². The molecule has 0 radical (unpaired) electrons. The quantitative estimate of drug-likeness (QED) is 0.440. The first kappa shape index (κ1) is 27.3. The van der Waals surface area contributed by atoms with Gasteiger partial charge in [0.2, 0.25) is 11.9 Å². The molecular formula is C27H34N4O2. The lowest BCUT2D eigenvalue weighted by molar-refractivity contribution is -0.120. The molecule has 6 nitrogen and oxygen atoms in total. The lowest BCUT2D eigenvalue weighted by Gasteiger charge is -2.08. The molecule has 1 aromatic carbocycles. The van der Waals surface area contributed by atoms with Crippen LogP contribution in [0.4, 0.5) is 5.69 Å². The van der Waals surface area contributed by atoms with Crippen molar-refractivity contribution in [3.63, 3.8) is 0 Å². The number of amides is 1. The summed E-state index contributed by atoms with van der Waals surface area (Å²) in [5.41, 5.74) is 2.76. The number of ether oxygens (including phenoxy) is 1. The molecule has 0 spiro atoms. The van der Waals surface area contributed by atoms with Crippen LogP contribution in [-0.2, 0) is 16.1 Å². The van der Waals surface area contributed by atoms with Crippen molar-refractivity contribution < 1.29 is 9.53 Å². The first-order valence-corrected chi connectivity index (χ1v) is 10.9. The highest BCUT2D eigenvalue weighted by molar-refractivity contribution is 5.98. The van der Waals surface area contributed by atoms with Gasteiger partial charge in [-0.25, -0.2) is 9.98 Å². The van der Waals surface area contributed by atoms with Crippen LogP contribution < -0.4 is 10.6 Å². The van der Waals surface area contributed by atoms with Gasteiger partial charge in [0.15, 0.2) is 0 Å². The molecule has 0 aromatic heterocycles. The van der Waals surface area contributed by atoms with Gasteiger partial charge >= 0.3 is 0 Å². The number of fused-ring (bicyclic) bond motifs is 2. The number of carbonyl (C=O) groups excluding carboxylic acids is 1. The Bertz CT molecular complexity index is 947. The Kier molecular flexibility index (Phi) is 14.9. The summed E-state index contributed by atoms with van der Waals surface area (Å²) in [4.78, 5) is 20.7.